The van der Waals surface area contributed by atoms with E-state index in [4.69, 9.17) is 5.11 Å². The summed E-state index contributed by atoms with van der Waals surface area (Å²) in [6.07, 6.45) is 0. The van der Waals surface area contributed by atoms with E-state index in [0.717, 1.165) is 11.8 Å². The van der Waals surface area contributed by atoms with Crippen LogP contribution in [-0.4, -0.2) is 20.4 Å². The minimum atomic E-state index is -1.18. The molecule has 0 aliphatic heterocycles. The van der Waals surface area contributed by atoms with Gasteiger partial charge in [0.15, 0.2) is 10.2 Å². The first-order valence-corrected chi connectivity index (χ1v) is 7.07. The number of aromatic carboxylic acids is 1. The molecule has 2 rings (SSSR count). The molecule has 0 amide bonds. The molecule has 0 aliphatic carbocycles. The van der Waals surface area contributed by atoms with Gasteiger partial charge >= 0.3 is 5.97 Å². The van der Waals surface area contributed by atoms with Crippen molar-refractivity contribution in [3.8, 4) is 0 Å². The molecule has 0 aliphatic rings. The summed E-state index contributed by atoms with van der Waals surface area (Å²) in [6.45, 7) is 1.75. The smallest absolute Gasteiger partial charge is 0.336 e. The van der Waals surface area contributed by atoms with Crippen LogP contribution in [0, 0.1) is 12.7 Å². The van der Waals surface area contributed by atoms with Crippen LogP contribution in [0.3, 0.4) is 0 Å². The molecule has 2 aromatic rings. The third kappa shape index (κ3) is 2.70. The number of hydrogen-bond donors (Lipinski definition) is 1. The van der Waals surface area contributed by atoms with Gasteiger partial charge in [0.05, 0.1) is 14.9 Å². The minimum Gasteiger partial charge on any atom is -0.478 e. The van der Waals surface area contributed by atoms with Crippen LogP contribution in [0.2, 0.25) is 0 Å². The Morgan fingerprint density at radius 2 is 2.28 bits per heavy atom. The quantitative estimate of drug-likeness (QED) is 0.917. The number of aryl methyl sites for hydroxylation is 1. The Balaban J connectivity index is 2.35. The summed E-state index contributed by atoms with van der Waals surface area (Å²) in [4.78, 5) is 15.2. The van der Waals surface area contributed by atoms with Gasteiger partial charge < -0.3 is 5.11 Å². The highest BCUT2D eigenvalue weighted by atomic mass is 79.9. The Morgan fingerprint density at radius 3 is 2.83 bits per heavy atom. The van der Waals surface area contributed by atoms with Crippen LogP contribution >= 0.6 is 39.2 Å². The van der Waals surface area contributed by atoms with E-state index in [1.54, 1.807) is 6.92 Å². The van der Waals surface area contributed by atoms with Crippen molar-refractivity contribution in [3.05, 3.63) is 33.8 Å². The van der Waals surface area contributed by atoms with E-state index in [1.807, 2.05) is 0 Å². The maximum Gasteiger partial charge on any atom is 0.336 e. The van der Waals surface area contributed by atoms with Crippen LogP contribution in [0.4, 0.5) is 4.39 Å². The van der Waals surface area contributed by atoms with Crippen molar-refractivity contribution in [1.29, 1.82) is 0 Å². The van der Waals surface area contributed by atoms with Gasteiger partial charge in [0.25, 0.3) is 0 Å². The lowest BCUT2D eigenvalue weighted by molar-refractivity contribution is 0.0695. The summed E-state index contributed by atoms with van der Waals surface area (Å²) < 4.78 is 18.5. The first kappa shape index (κ1) is 13.4. The summed E-state index contributed by atoms with van der Waals surface area (Å²) in [7, 11) is 0. The molecule has 94 valence electrons. The molecule has 0 saturated carbocycles. The lowest BCUT2D eigenvalue weighted by Crippen LogP contribution is -2.00. The summed E-state index contributed by atoms with van der Waals surface area (Å²) in [5.74, 6) is -1.15. The Labute approximate surface area is 119 Å². The number of carbonyl (C=O) groups is 1. The first-order valence-electron chi connectivity index (χ1n) is 4.68. The van der Waals surface area contributed by atoms with Gasteiger partial charge in [0.1, 0.15) is 5.82 Å². The van der Waals surface area contributed by atoms with E-state index in [-0.39, 0.29) is 10.0 Å². The zero-order valence-electron chi connectivity index (χ0n) is 8.98. The molecule has 0 saturated heterocycles. The van der Waals surface area contributed by atoms with Gasteiger partial charge in [0, 0.05) is 0 Å². The fourth-order valence-electron chi connectivity index (χ4n) is 1.19. The van der Waals surface area contributed by atoms with Crippen molar-refractivity contribution in [2.24, 2.45) is 0 Å². The number of carboxylic acids is 1. The zero-order valence-corrected chi connectivity index (χ0v) is 12.2. The molecule has 4 nitrogen and oxygen atoms in total. The van der Waals surface area contributed by atoms with Gasteiger partial charge in [-0.25, -0.2) is 14.2 Å². The average Bonchev–Trinajstić information content (AvgIpc) is 2.70. The van der Waals surface area contributed by atoms with Crippen molar-refractivity contribution in [1.82, 2.24) is 9.36 Å². The van der Waals surface area contributed by atoms with Crippen molar-refractivity contribution in [2.75, 3.05) is 0 Å². The maximum atomic E-state index is 13.9. The van der Waals surface area contributed by atoms with E-state index in [2.05, 4.69) is 25.3 Å². The van der Waals surface area contributed by atoms with E-state index in [9.17, 15) is 9.18 Å². The van der Waals surface area contributed by atoms with Crippen LogP contribution in [0.25, 0.3) is 0 Å². The standard InChI is InChI=1S/C10H6BrFN2O2S2/c1-4-13-10(18-14-4)17-6-3-2-5(9(15)16)7(11)8(6)12/h2-3H,1H3,(H,15,16). The van der Waals surface area contributed by atoms with Crippen LogP contribution in [0.15, 0.2) is 25.8 Å². The topological polar surface area (TPSA) is 63.1 Å². The molecular formula is C10H6BrFN2O2S2. The number of nitrogens with zero attached hydrogens (tertiary/aromatic N) is 2. The zero-order chi connectivity index (χ0) is 13.3. The molecule has 0 bridgehead atoms. The van der Waals surface area contributed by atoms with E-state index in [1.165, 1.54) is 23.7 Å². The Kier molecular flexibility index (Phi) is 3.98. The van der Waals surface area contributed by atoms with Gasteiger partial charge in [-0.3, -0.25) is 0 Å². The summed E-state index contributed by atoms with van der Waals surface area (Å²) >= 11 is 5.24. The predicted molar refractivity (Wildman–Crippen MR) is 69.8 cm³/mol. The minimum absolute atomic E-state index is 0.0544. The van der Waals surface area contributed by atoms with Gasteiger partial charge in [-0.05, 0) is 46.5 Å². The van der Waals surface area contributed by atoms with Crippen LogP contribution in [0.5, 0.6) is 0 Å². The molecule has 0 radical (unpaired) electrons. The van der Waals surface area contributed by atoms with Crippen molar-refractivity contribution >= 4 is 45.2 Å². The van der Waals surface area contributed by atoms with Gasteiger partial charge in [-0.1, -0.05) is 11.8 Å². The molecule has 18 heavy (non-hydrogen) atoms. The second-order valence-corrected chi connectivity index (χ2v) is 6.09. The predicted octanol–water partition coefficient (Wildman–Crippen LogP) is 3.60. The second-order valence-electron chi connectivity index (χ2n) is 3.25. The fraction of sp³-hybridized carbons (Fsp3) is 0.100. The lowest BCUT2D eigenvalue weighted by atomic mass is 10.2. The number of rotatable bonds is 3. The highest BCUT2D eigenvalue weighted by Crippen LogP contribution is 2.35. The van der Waals surface area contributed by atoms with E-state index < -0.39 is 11.8 Å². The maximum absolute atomic E-state index is 13.9. The molecular weight excluding hydrogens is 343 g/mol. The molecule has 1 aromatic carbocycles. The summed E-state index contributed by atoms with van der Waals surface area (Å²) in [6, 6.07) is 2.77. The molecule has 1 heterocycles. The molecule has 0 atom stereocenters. The summed E-state index contributed by atoms with van der Waals surface area (Å²) in [5.41, 5.74) is -0.106. The first-order chi connectivity index (χ1) is 8.49. The molecule has 1 aromatic heterocycles. The Hall–Kier alpha value is -0.990. The molecule has 0 unspecified atom stereocenters. The number of benzene rings is 1. The fourth-order valence-corrected chi connectivity index (χ4v) is 3.48. The lowest BCUT2D eigenvalue weighted by Gasteiger charge is -2.04. The van der Waals surface area contributed by atoms with E-state index >= 15 is 0 Å². The average molecular weight is 349 g/mol. The highest BCUT2D eigenvalue weighted by molar-refractivity contribution is 9.10. The third-order valence-electron chi connectivity index (χ3n) is 1.98. The van der Waals surface area contributed by atoms with Crippen molar-refractivity contribution in [2.45, 2.75) is 16.2 Å². The van der Waals surface area contributed by atoms with Gasteiger partial charge in [-0.15, -0.1) is 0 Å². The monoisotopic (exact) mass is 348 g/mol. The third-order valence-corrected chi connectivity index (χ3v) is 4.64. The second kappa shape index (κ2) is 5.33. The molecule has 1 N–H and O–H groups in total. The molecule has 0 spiro atoms. The summed E-state index contributed by atoms with van der Waals surface area (Å²) in [5, 5.41) is 8.85. The molecule has 8 heteroatoms. The number of aromatic nitrogens is 2. The Bertz CT molecular complexity index is 618. The number of halogens is 2. The van der Waals surface area contributed by atoms with Crippen molar-refractivity contribution in [3.63, 3.8) is 0 Å². The van der Waals surface area contributed by atoms with E-state index in [0.29, 0.717) is 15.1 Å². The van der Waals surface area contributed by atoms with Gasteiger partial charge in [-0.2, -0.15) is 4.37 Å². The van der Waals surface area contributed by atoms with Crippen LogP contribution < -0.4 is 0 Å². The van der Waals surface area contributed by atoms with Crippen molar-refractivity contribution < 1.29 is 14.3 Å². The molecule has 0 fully saturated rings. The largest absolute Gasteiger partial charge is 0.478 e. The highest BCUT2D eigenvalue weighted by Gasteiger charge is 2.17. The normalized spacial score (nSPS) is 10.6. The Morgan fingerprint density at radius 1 is 1.56 bits per heavy atom. The SMILES string of the molecule is Cc1nsc(Sc2ccc(C(=O)O)c(Br)c2F)n1. The number of carboxylic acid groups (broad SMARTS) is 1. The van der Waals surface area contributed by atoms with Crippen LogP contribution in [0.1, 0.15) is 16.2 Å². The number of hydrogen-bond acceptors (Lipinski definition) is 5. The van der Waals surface area contributed by atoms with Gasteiger partial charge in [0.2, 0.25) is 0 Å². The van der Waals surface area contributed by atoms with Crippen LogP contribution in [-0.2, 0) is 0 Å².